The van der Waals surface area contributed by atoms with Crippen molar-refractivity contribution in [3.05, 3.63) is 69.8 Å². The molecule has 0 bridgehead atoms. The Morgan fingerprint density at radius 3 is 1.45 bits per heavy atom. The molecule has 0 radical (unpaired) electrons. The third kappa shape index (κ3) is 1.54. The normalized spacial score (nSPS) is 25.5. The molecule has 0 heterocycles. The average molecular weight is 288 g/mol. The lowest BCUT2D eigenvalue weighted by Crippen LogP contribution is -2.42. The van der Waals surface area contributed by atoms with E-state index in [9.17, 15) is 10.2 Å². The van der Waals surface area contributed by atoms with E-state index in [0.717, 1.165) is 11.1 Å². The van der Waals surface area contributed by atoms with E-state index in [-0.39, 0.29) is 0 Å². The van der Waals surface area contributed by atoms with Crippen LogP contribution >= 0.6 is 0 Å². The summed E-state index contributed by atoms with van der Waals surface area (Å²) in [7, 11) is 0. The van der Waals surface area contributed by atoms with Crippen LogP contribution in [0.3, 0.4) is 0 Å². The highest BCUT2D eigenvalue weighted by Gasteiger charge is 2.49. The van der Waals surface area contributed by atoms with Gasteiger partial charge in [-0.25, -0.2) is 0 Å². The lowest BCUT2D eigenvalue weighted by atomic mass is 9.66. The van der Waals surface area contributed by atoms with Gasteiger partial charge in [0, 0.05) is 22.3 Å². The van der Waals surface area contributed by atoms with Gasteiger partial charge in [-0.15, -0.1) is 12.8 Å². The molecule has 0 unspecified atom stereocenters. The summed E-state index contributed by atoms with van der Waals surface area (Å²) >= 11 is 0. The highest BCUT2D eigenvalue weighted by Crippen LogP contribution is 2.49. The average Bonchev–Trinajstić information content (AvgIpc) is 2.54. The second kappa shape index (κ2) is 4.49. The maximum atomic E-state index is 11.2. The molecule has 0 fully saturated rings. The van der Waals surface area contributed by atoms with E-state index in [1.54, 1.807) is 24.3 Å². The Hall–Kier alpha value is -2.52. The summed E-state index contributed by atoms with van der Waals surface area (Å²) in [5.41, 5.74) is 0.311. The fourth-order valence-corrected chi connectivity index (χ4v) is 3.43. The molecular formula is C20H16O2. The summed E-state index contributed by atoms with van der Waals surface area (Å²) in [5, 5.41) is 22.4. The monoisotopic (exact) mass is 288 g/mol. The number of hydrogen-bond donors (Lipinski definition) is 2. The van der Waals surface area contributed by atoms with Crippen molar-refractivity contribution in [2.75, 3.05) is 0 Å². The van der Waals surface area contributed by atoms with Crippen LogP contribution in [0.5, 0.6) is 0 Å². The number of fused-ring (bicyclic) bond motifs is 2. The Bertz CT molecular complexity index is 794. The molecule has 0 aromatic heterocycles. The van der Waals surface area contributed by atoms with E-state index in [2.05, 4.69) is 11.8 Å². The van der Waals surface area contributed by atoms with Gasteiger partial charge >= 0.3 is 0 Å². The molecule has 0 saturated carbocycles. The van der Waals surface area contributed by atoms with Crippen LogP contribution in [-0.4, -0.2) is 10.2 Å². The summed E-state index contributed by atoms with van der Waals surface area (Å²) in [5.74, 6) is 5.00. The standard InChI is InChI=1S/C20H16O2/c1-5-19(21)15-9-7-8-10-16(15)20(22,6-2)18-14(4)12-11-13(3)17(18)19/h1-2,7-12,21-22H,3-4H3/t19-,20-/m1/s1. The van der Waals surface area contributed by atoms with Crippen LogP contribution in [0.15, 0.2) is 36.4 Å². The van der Waals surface area contributed by atoms with Crippen molar-refractivity contribution < 1.29 is 10.2 Å². The summed E-state index contributed by atoms with van der Waals surface area (Å²) < 4.78 is 0. The van der Waals surface area contributed by atoms with Crippen LogP contribution in [0.2, 0.25) is 0 Å². The molecule has 2 aromatic rings. The van der Waals surface area contributed by atoms with Crippen molar-refractivity contribution in [3.63, 3.8) is 0 Å². The first-order valence-electron chi connectivity index (χ1n) is 7.01. The quantitative estimate of drug-likeness (QED) is 0.731. The minimum Gasteiger partial charge on any atom is -0.369 e. The highest BCUT2D eigenvalue weighted by atomic mass is 16.3. The Morgan fingerprint density at radius 1 is 0.773 bits per heavy atom. The SMILES string of the molecule is C#C[C@@]1(O)c2ccccc2[C@](O)(C#C)c2c(C)ccc(C)c21. The zero-order valence-electron chi connectivity index (χ0n) is 12.5. The van der Waals surface area contributed by atoms with E-state index in [4.69, 9.17) is 12.8 Å². The lowest BCUT2D eigenvalue weighted by molar-refractivity contribution is 0.0935. The molecule has 2 aromatic carbocycles. The zero-order valence-corrected chi connectivity index (χ0v) is 12.5. The third-order valence-electron chi connectivity index (χ3n) is 4.47. The van der Waals surface area contributed by atoms with Crippen molar-refractivity contribution in [3.8, 4) is 24.7 Å². The van der Waals surface area contributed by atoms with Gasteiger partial charge in [-0.3, -0.25) is 0 Å². The third-order valence-corrected chi connectivity index (χ3v) is 4.47. The lowest BCUT2D eigenvalue weighted by Gasteiger charge is -2.41. The van der Waals surface area contributed by atoms with E-state index in [1.165, 1.54) is 0 Å². The zero-order chi connectivity index (χ0) is 16.1. The first kappa shape index (κ1) is 14.4. The van der Waals surface area contributed by atoms with Crippen LogP contribution in [0.25, 0.3) is 0 Å². The van der Waals surface area contributed by atoms with Gasteiger partial charge in [-0.1, -0.05) is 48.2 Å². The van der Waals surface area contributed by atoms with Crippen LogP contribution in [0, 0.1) is 38.5 Å². The van der Waals surface area contributed by atoms with Gasteiger partial charge in [0.15, 0.2) is 11.2 Å². The Labute approximate surface area is 130 Å². The summed E-state index contributed by atoms with van der Waals surface area (Å²) in [6.45, 7) is 3.71. The van der Waals surface area contributed by atoms with Gasteiger partial charge in [0.05, 0.1) is 0 Å². The minimum absolute atomic E-state index is 0.458. The van der Waals surface area contributed by atoms with Crippen molar-refractivity contribution >= 4 is 0 Å². The number of aliphatic hydroxyl groups is 2. The summed E-state index contributed by atoms with van der Waals surface area (Å²) in [4.78, 5) is 0. The number of hydrogen-bond acceptors (Lipinski definition) is 2. The molecule has 2 nitrogen and oxygen atoms in total. The second-order valence-corrected chi connectivity index (χ2v) is 5.70. The Kier molecular flexibility index (Phi) is 2.94. The molecule has 2 atom stereocenters. The summed E-state index contributed by atoms with van der Waals surface area (Å²) in [6.07, 6.45) is 11.4. The molecule has 0 aliphatic heterocycles. The molecule has 22 heavy (non-hydrogen) atoms. The summed E-state index contributed by atoms with van der Waals surface area (Å²) in [6, 6.07) is 10.7. The van der Waals surface area contributed by atoms with Crippen molar-refractivity contribution in [1.82, 2.24) is 0 Å². The van der Waals surface area contributed by atoms with Gasteiger partial charge in [0.1, 0.15) is 0 Å². The Morgan fingerprint density at radius 2 is 1.14 bits per heavy atom. The topological polar surface area (TPSA) is 40.5 Å². The molecule has 0 amide bonds. The van der Waals surface area contributed by atoms with E-state index in [1.807, 2.05) is 26.0 Å². The second-order valence-electron chi connectivity index (χ2n) is 5.70. The minimum atomic E-state index is -1.61. The predicted octanol–water partition coefficient (Wildman–Crippen LogP) is 2.36. The van der Waals surface area contributed by atoms with Crippen LogP contribution < -0.4 is 0 Å². The molecule has 2 heteroatoms. The van der Waals surface area contributed by atoms with Gasteiger partial charge in [0.2, 0.25) is 0 Å². The smallest absolute Gasteiger partial charge is 0.177 e. The van der Waals surface area contributed by atoms with E-state index >= 15 is 0 Å². The van der Waals surface area contributed by atoms with Gasteiger partial charge < -0.3 is 10.2 Å². The largest absolute Gasteiger partial charge is 0.369 e. The maximum Gasteiger partial charge on any atom is 0.177 e. The van der Waals surface area contributed by atoms with Gasteiger partial charge in [-0.2, -0.15) is 0 Å². The molecule has 1 aliphatic rings. The van der Waals surface area contributed by atoms with Crippen LogP contribution in [0.4, 0.5) is 0 Å². The van der Waals surface area contributed by atoms with Crippen molar-refractivity contribution in [1.29, 1.82) is 0 Å². The number of rotatable bonds is 0. The number of aryl methyl sites for hydroxylation is 2. The molecule has 3 rings (SSSR count). The van der Waals surface area contributed by atoms with Gasteiger partial charge in [-0.05, 0) is 25.0 Å². The Balaban J connectivity index is 2.58. The fraction of sp³-hybridized carbons (Fsp3) is 0.200. The van der Waals surface area contributed by atoms with E-state index in [0.29, 0.717) is 22.3 Å². The predicted molar refractivity (Wildman–Crippen MR) is 86.0 cm³/mol. The molecule has 1 aliphatic carbocycles. The number of benzene rings is 2. The maximum absolute atomic E-state index is 11.2. The fourth-order valence-electron chi connectivity index (χ4n) is 3.43. The van der Waals surface area contributed by atoms with Crippen molar-refractivity contribution in [2.24, 2.45) is 0 Å². The molecule has 0 spiro atoms. The first-order chi connectivity index (χ1) is 10.4. The molecule has 108 valence electrons. The molecule has 2 N–H and O–H groups in total. The van der Waals surface area contributed by atoms with Crippen LogP contribution in [0.1, 0.15) is 33.4 Å². The van der Waals surface area contributed by atoms with Crippen molar-refractivity contribution in [2.45, 2.75) is 25.0 Å². The molecule has 0 saturated heterocycles. The van der Waals surface area contributed by atoms with Crippen LogP contribution in [-0.2, 0) is 11.2 Å². The molecular weight excluding hydrogens is 272 g/mol. The van der Waals surface area contributed by atoms with Gasteiger partial charge in [0.25, 0.3) is 0 Å². The van der Waals surface area contributed by atoms with E-state index < -0.39 is 11.2 Å². The highest BCUT2D eigenvalue weighted by molar-refractivity contribution is 5.66. The number of terminal acetylenes is 2. The first-order valence-corrected chi connectivity index (χ1v) is 7.01.